The van der Waals surface area contributed by atoms with Crippen LogP contribution in [-0.2, 0) is 10.3 Å². The summed E-state index contributed by atoms with van der Waals surface area (Å²) in [4.78, 5) is 14.6. The first-order valence-corrected chi connectivity index (χ1v) is 6.99. The van der Waals surface area contributed by atoms with Crippen LogP contribution in [0.5, 0.6) is 5.75 Å². The molecule has 1 aliphatic rings. The molecule has 0 aliphatic carbocycles. The standard InChI is InChI=1S/C17H18N2O2/c1-17(18,13-7-3-2-4-8-13)16(20)19-11-12-21-15-10-6-5-9-14(15)19/h2-10H,11-12,18H2,1H3. The summed E-state index contributed by atoms with van der Waals surface area (Å²) in [6.07, 6.45) is 0. The minimum absolute atomic E-state index is 0.121. The molecule has 2 aromatic rings. The van der Waals surface area contributed by atoms with E-state index in [-0.39, 0.29) is 5.91 Å². The first kappa shape index (κ1) is 13.6. The van der Waals surface area contributed by atoms with E-state index in [0.29, 0.717) is 13.2 Å². The lowest BCUT2D eigenvalue weighted by molar-refractivity contribution is -0.123. The second-order valence-corrected chi connectivity index (χ2v) is 5.34. The Morgan fingerprint density at radius 3 is 2.57 bits per heavy atom. The van der Waals surface area contributed by atoms with Gasteiger partial charge in [-0.2, -0.15) is 0 Å². The molecule has 0 radical (unpaired) electrons. The monoisotopic (exact) mass is 282 g/mol. The molecule has 1 unspecified atom stereocenters. The lowest BCUT2D eigenvalue weighted by atomic mass is 9.91. The van der Waals surface area contributed by atoms with Gasteiger partial charge < -0.3 is 15.4 Å². The average molecular weight is 282 g/mol. The van der Waals surface area contributed by atoms with Crippen LogP contribution < -0.4 is 15.4 Å². The highest BCUT2D eigenvalue weighted by atomic mass is 16.5. The van der Waals surface area contributed by atoms with Gasteiger partial charge in [-0.3, -0.25) is 4.79 Å². The first-order chi connectivity index (χ1) is 10.1. The maximum absolute atomic E-state index is 12.9. The number of carbonyl (C=O) groups is 1. The highest BCUT2D eigenvalue weighted by Gasteiger charge is 2.37. The fourth-order valence-corrected chi connectivity index (χ4v) is 2.57. The van der Waals surface area contributed by atoms with E-state index in [2.05, 4.69) is 0 Å². The second-order valence-electron chi connectivity index (χ2n) is 5.34. The molecule has 2 aromatic carbocycles. The van der Waals surface area contributed by atoms with Crippen LogP contribution in [0.2, 0.25) is 0 Å². The molecule has 4 heteroatoms. The first-order valence-electron chi connectivity index (χ1n) is 6.99. The van der Waals surface area contributed by atoms with Crippen LogP contribution in [0.1, 0.15) is 12.5 Å². The normalized spacial score (nSPS) is 16.6. The molecule has 21 heavy (non-hydrogen) atoms. The Kier molecular flexibility index (Phi) is 3.39. The van der Waals surface area contributed by atoms with E-state index < -0.39 is 5.54 Å². The van der Waals surface area contributed by atoms with Crippen molar-refractivity contribution in [2.45, 2.75) is 12.5 Å². The molecule has 1 aliphatic heterocycles. The minimum Gasteiger partial charge on any atom is -0.490 e. The minimum atomic E-state index is -1.06. The fourth-order valence-electron chi connectivity index (χ4n) is 2.57. The van der Waals surface area contributed by atoms with Crippen LogP contribution in [0.25, 0.3) is 0 Å². The van der Waals surface area contributed by atoms with E-state index in [1.807, 2.05) is 54.6 Å². The third-order valence-corrected chi connectivity index (χ3v) is 3.79. The zero-order valence-corrected chi connectivity index (χ0v) is 12.0. The number of benzene rings is 2. The number of hydrogen-bond acceptors (Lipinski definition) is 3. The molecule has 0 bridgehead atoms. The Bertz CT molecular complexity index is 653. The maximum atomic E-state index is 12.9. The van der Waals surface area contributed by atoms with Gasteiger partial charge in [-0.05, 0) is 24.6 Å². The molecule has 0 saturated carbocycles. The van der Waals surface area contributed by atoms with Gasteiger partial charge in [0.05, 0.1) is 12.2 Å². The summed E-state index contributed by atoms with van der Waals surface area (Å²) in [6.45, 7) is 2.74. The number of nitrogens with zero attached hydrogens (tertiary/aromatic N) is 1. The van der Waals surface area contributed by atoms with Crippen molar-refractivity contribution in [3.05, 3.63) is 60.2 Å². The smallest absolute Gasteiger partial charge is 0.251 e. The van der Waals surface area contributed by atoms with E-state index in [1.165, 1.54) is 0 Å². The number of amides is 1. The number of hydrogen-bond donors (Lipinski definition) is 1. The highest BCUT2D eigenvalue weighted by Crippen LogP contribution is 2.33. The molecule has 2 N–H and O–H groups in total. The second kappa shape index (κ2) is 5.22. The number of carbonyl (C=O) groups excluding carboxylic acids is 1. The van der Waals surface area contributed by atoms with E-state index in [9.17, 15) is 4.79 Å². The quantitative estimate of drug-likeness (QED) is 0.919. The molecule has 3 rings (SSSR count). The fraction of sp³-hybridized carbons (Fsp3) is 0.235. The van der Waals surface area contributed by atoms with Crippen molar-refractivity contribution in [1.29, 1.82) is 0 Å². The van der Waals surface area contributed by atoms with Crippen LogP contribution in [-0.4, -0.2) is 19.1 Å². The lowest BCUT2D eigenvalue weighted by Crippen LogP contribution is -2.53. The number of ether oxygens (including phenoxy) is 1. The topological polar surface area (TPSA) is 55.6 Å². The summed E-state index contributed by atoms with van der Waals surface area (Å²) in [5.41, 5.74) is 6.86. The van der Waals surface area contributed by atoms with Crippen LogP contribution in [0.3, 0.4) is 0 Å². The van der Waals surface area contributed by atoms with Crippen molar-refractivity contribution in [3.63, 3.8) is 0 Å². The Hall–Kier alpha value is -2.33. The van der Waals surface area contributed by atoms with Gasteiger partial charge >= 0.3 is 0 Å². The number of nitrogens with two attached hydrogens (primary N) is 1. The van der Waals surface area contributed by atoms with Crippen LogP contribution >= 0.6 is 0 Å². The molecule has 1 heterocycles. The van der Waals surface area contributed by atoms with Crippen molar-refractivity contribution in [3.8, 4) is 5.75 Å². The van der Waals surface area contributed by atoms with Crippen LogP contribution in [0, 0.1) is 0 Å². The summed E-state index contributed by atoms with van der Waals surface area (Å²) in [6, 6.07) is 17.0. The van der Waals surface area contributed by atoms with E-state index in [4.69, 9.17) is 10.5 Å². The lowest BCUT2D eigenvalue weighted by Gasteiger charge is -2.35. The summed E-state index contributed by atoms with van der Waals surface area (Å²) in [5.74, 6) is 0.602. The Balaban J connectivity index is 1.96. The van der Waals surface area contributed by atoms with Gasteiger partial charge in [-0.1, -0.05) is 42.5 Å². The third kappa shape index (κ3) is 2.38. The van der Waals surface area contributed by atoms with Crippen molar-refractivity contribution in [1.82, 2.24) is 0 Å². The molecule has 0 aromatic heterocycles. The molecule has 1 atom stereocenters. The predicted octanol–water partition coefficient (Wildman–Crippen LogP) is 2.29. The van der Waals surface area contributed by atoms with Gasteiger partial charge in [0, 0.05) is 0 Å². The number of rotatable bonds is 2. The van der Waals surface area contributed by atoms with Gasteiger partial charge in [0.1, 0.15) is 17.9 Å². The van der Waals surface area contributed by atoms with Crippen molar-refractivity contribution in [2.24, 2.45) is 5.73 Å². The van der Waals surface area contributed by atoms with E-state index in [1.54, 1.807) is 11.8 Å². The Labute approximate surface area is 124 Å². The van der Waals surface area contributed by atoms with Crippen molar-refractivity contribution in [2.75, 3.05) is 18.1 Å². The van der Waals surface area contributed by atoms with Gasteiger partial charge in [-0.25, -0.2) is 0 Å². The summed E-state index contributed by atoms with van der Waals surface area (Å²) in [7, 11) is 0. The molecular formula is C17H18N2O2. The SMILES string of the molecule is CC(N)(C(=O)N1CCOc2ccccc21)c1ccccc1. The summed E-state index contributed by atoms with van der Waals surface area (Å²) < 4.78 is 5.59. The average Bonchev–Trinajstić information content (AvgIpc) is 2.54. The van der Waals surface area contributed by atoms with Gasteiger partial charge in [-0.15, -0.1) is 0 Å². The largest absolute Gasteiger partial charge is 0.490 e. The van der Waals surface area contributed by atoms with Gasteiger partial charge in [0.2, 0.25) is 0 Å². The third-order valence-electron chi connectivity index (χ3n) is 3.79. The van der Waals surface area contributed by atoms with Crippen molar-refractivity contribution < 1.29 is 9.53 Å². The molecule has 0 fully saturated rings. The molecule has 0 spiro atoms. The molecule has 0 saturated heterocycles. The molecule has 1 amide bonds. The number of para-hydroxylation sites is 2. The van der Waals surface area contributed by atoms with E-state index >= 15 is 0 Å². The number of anilines is 1. The predicted molar refractivity (Wildman–Crippen MR) is 82.3 cm³/mol. The van der Waals surface area contributed by atoms with Crippen LogP contribution in [0.15, 0.2) is 54.6 Å². The Morgan fingerprint density at radius 2 is 1.81 bits per heavy atom. The van der Waals surface area contributed by atoms with Gasteiger partial charge in [0.25, 0.3) is 5.91 Å². The zero-order valence-electron chi connectivity index (χ0n) is 12.0. The van der Waals surface area contributed by atoms with Gasteiger partial charge in [0.15, 0.2) is 0 Å². The Morgan fingerprint density at radius 1 is 1.14 bits per heavy atom. The zero-order chi connectivity index (χ0) is 14.9. The van der Waals surface area contributed by atoms with E-state index in [0.717, 1.165) is 17.0 Å². The molecular weight excluding hydrogens is 264 g/mol. The highest BCUT2D eigenvalue weighted by molar-refractivity contribution is 6.01. The maximum Gasteiger partial charge on any atom is 0.251 e. The van der Waals surface area contributed by atoms with Crippen molar-refractivity contribution >= 4 is 11.6 Å². The van der Waals surface area contributed by atoms with Crippen LogP contribution in [0.4, 0.5) is 5.69 Å². The number of fused-ring (bicyclic) bond motifs is 1. The molecule has 4 nitrogen and oxygen atoms in total. The summed E-state index contributed by atoms with van der Waals surface area (Å²) >= 11 is 0. The summed E-state index contributed by atoms with van der Waals surface area (Å²) in [5, 5.41) is 0. The molecule has 108 valence electrons.